The summed E-state index contributed by atoms with van der Waals surface area (Å²) in [5.74, 6) is -0.0503. The number of benzene rings is 1. The number of piperidine rings is 1. The molecule has 0 aromatic heterocycles. The van der Waals surface area contributed by atoms with E-state index in [0.29, 0.717) is 0 Å². The minimum atomic E-state index is -0.103. The summed E-state index contributed by atoms with van der Waals surface area (Å²) in [6.07, 6.45) is 3.95. The Morgan fingerprint density at radius 3 is 2.90 bits per heavy atom. The molecule has 0 spiro atoms. The van der Waals surface area contributed by atoms with Gasteiger partial charge in [0.15, 0.2) is 0 Å². The van der Waals surface area contributed by atoms with Crippen LogP contribution in [0.4, 0.5) is 5.69 Å². The van der Waals surface area contributed by atoms with E-state index in [0.717, 1.165) is 43.3 Å². The van der Waals surface area contributed by atoms with Gasteiger partial charge in [-0.3, -0.25) is 9.69 Å². The number of rotatable bonds is 4. The van der Waals surface area contributed by atoms with E-state index < -0.39 is 0 Å². The maximum atomic E-state index is 12.1. The molecule has 0 radical (unpaired) electrons. The second-order valence-electron chi connectivity index (χ2n) is 5.54. The van der Waals surface area contributed by atoms with Crippen molar-refractivity contribution in [3.8, 4) is 0 Å². The van der Waals surface area contributed by atoms with E-state index in [2.05, 4.69) is 5.32 Å². The van der Waals surface area contributed by atoms with Crippen molar-refractivity contribution in [3.63, 3.8) is 0 Å². The number of carbonyl (C=O) groups excluding carboxylic acids is 2. The highest BCUT2D eigenvalue weighted by molar-refractivity contribution is 5.93. The smallest absolute Gasteiger partial charge is 0.238 e. The Balaban J connectivity index is 1.96. The lowest BCUT2D eigenvalue weighted by atomic mass is 10.0. The van der Waals surface area contributed by atoms with Crippen LogP contribution in [0, 0.1) is 13.8 Å². The molecule has 1 unspecified atom stereocenters. The largest absolute Gasteiger partial charge is 0.325 e. The topological polar surface area (TPSA) is 49.4 Å². The van der Waals surface area contributed by atoms with E-state index in [1.54, 1.807) is 0 Å². The molecule has 1 N–H and O–H groups in total. The van der Waals surface area contributed by atoms with Crippen LogP contribution in [0.5, 0.6) is 0 Å². The molecule has 4 nitrogen and oxygen atoms in total. The first-order chi connectivity index (χ1) is 9.60. The van der Waals surface area contributed by atoms with Crippen LogP contribution in [-0.2, 0) is 9.59 Å². The predicted octanol–water partition coefficient (Wildman–Crippen LogP) is 2.30. The normalized spacial score (nSPS) is 19.6. The molecule has 1 fully saturated rings. The van der Waals surface area contributed by atoms with Gasteiger partial charge in [-0.2, -0.15) is 0 Å². The first-order valence-corrected chi connectivity index (χ1v) is 7.16. The third-order valence-corrected chi connectivity index (χ3v) is 3.82. The van der Waals surface area contributed by atoms with Gasteiger partial charge in [0.05, 0.1) is 12.6 Å². The molecule has 1 aromatic rings. The van der Waals surface area contributed by atoms with Crippen LogP contribution >= 0.6 is 0 Å². The Morgan fingerprint density at radius 1 is 1.40 bits per heavy atom. The van der Waals surface area contributed by atoms with Crippen molar-refractivity contribution in [3.05, 3.63) is 29.3 Å². The summed E-state index contributed by atoms with van der Waals surface area (Å²) in [4.78, 5) is 25.1. The summed E-state index contributed by atoms with van der Waals surface area (Å²) in [5.41, 5.74) is 3.08. The molecule has 20 heavy (non-hydrogen) atoms. The molecule has 1 aliphatic rings. The average Bonchev–Trinajstić information content (AvgIpc) is 2.42. The van der Waals surface area contributed by atoms with Gasteiger partial charge in [0.25, 0.3) is 0 Å². The molecule has 0 aliphatic carbocycles. The number of anilines is 1. The number of likely N-dealkylation sites (tertiary alicyclic amines) is 1. The van der Waals surface area contributed by atoms with E-state index in [4.69, 9.17) is 0 Å². The number of aldehydes is 1. The second-order valence-corrected chi connectivity index (χ2v) is 5.54. The highest BCUT2D eigenvalue weighted by Gasteiger charge is 2.23. The zero-order valence-corrected chi connectivity index (χ0v) is 12.2. The second kappa shape index (κ2) is 6.66. The lowest BCUT2D eigenvalue weighted by Gasteiger charge is -2.31. The van der Waals surface area contributed by atoms with Crippen molar-refractivity contribution in [1.29, 1.82) is 0 Å². The van der Waals surface area contributed by atoms with Gasteiger partial charge in [-0.25, -0.2) is 0 Å². The molecular formula is C16H22N2O2. The maximum Gasteiger partial charge on any atom is 0.238 e. The zero-order valence-electron chi connectivity index (χ0n) is 12.2. The minimum absolute atomic E-state index is 0.0503. The SMILES string of the molecule is Cc1ccc(NC(=O)CN2CCCCC2C=O)c(C)c1. The van der Waals surface area contributed by atoms with Gasteiger partial charge in [-0.1, -0.05) is 24.1 Å². The van der Waals surface area contributed by atoms with Crippen molar-refractivity contribution < 1.29 is 9.59 Å². The molecule has 1 heterocycles. The van der Waals surface area contributed by atoms with E-state index in [1.807, 2.05) is 36.9 Å². The summed E-state index contributed by atoms with van der Waals surface area (Å²) in [5, 5.41) is 2.93. The average molecular weight is 274 g/mol. The third-order valence-electron chi connectivity index (χ3n) is 3.82. The molecule has 1 saturated heterocycles. The first-order valence-electron chi connectivity index (χ1n) is 7.16. The zero-order chi connectivity index (χ0) is 14.5. The Bertz CT molecular complexity index is 499. The number of amides is 1. The fourth-order valence-electron chi connectivity index (χ4n) is 2.70. The molecule has 4 heteroatoms. The predicted molar refractivity (Wildman–Crippen MR) is 79.8 cm³/mol. The Kier molecular flexibility index (Phi) is 4.90. The third kappa shape index (κ3) is 3.67. The Hall–Kier alpha value is -1.68. The van der Waals surface area contributed by atoms with Crippen LogP contribution in [0.3, 0.4) is 0 Å². The fourth-order valence-corrected chi connectivity index (χ4v) is 2.70. The standard InChI is InChI=1S/C16H22N2O2/c1-12-6-7-15(13(2)9-12)17-16(20)10-18-8-4-3-5-14(18)11-19/h6-7,9,11,14H,3-5,8,10H2,1-2H3,(H,17,20). The summed E-state index contributed by atoms with van der Waals surface area (Å²) in [7, 11) is 0. The number of nitrogens with one attached hydrogen (secondary N) is 1. The monoisotopic (exact) mass is 274 g/mol. The quantitative estimate of drug-likeness (QED) is 0.857. The Morgan fingerprint density at radius 2 is 2.20 bits per heavy atom. The highest BCUT2D eigenvalue weighted by atomic mass is 16.2. The molecule has 2 rings (SSSR count). The van der Waals surface area contributed by atoms with Crippen LogP contribution in [0.25, 0.3) is 0 Å². The first kappa shape index (κ1) is 14.7. The van der Waals surface area contributed by atoms with Gasteiger partial charge in [0.2, 0.25) is 5.91 Å². The molecule has 1 amide bonds. The van der Waals surface area contributed by atoms with Crippen LogP contribution in [0.15, 0.2) is 18.2 Å². The molecule has 0 bridgehead atoms. The van der Waals surface area contributed by atoms with Crippen molar-refractivity contribution in [2.45, 2.75) is 39.2 Å². The fraction of sp³-hybridized carbons (Fsp3) is 0.500. The van der Waals surface area contributed by atoms with Crippen molar-refractivity contribution in [2.24, 2.45) is 0 Å². The minimum Gasteiger partial charge on any atom is -0.325 e. The summed E-state index contributed by atoms with van der Waals surface area (Å²) < 4.78 is 0. The van der Waals surface area contributed by atoms with Crippen molar-refractivity contribution in [2.75, 3.05) is 18.4 Å². The number of nitrogens with zero attached hydrogens (tertiary/aromatic N) is 1. The van der Waals surface area contributed by atoms with E-state index in [1.165, 1.54) is 5.56 Å². The number of carbonyl (C=O) groups is 2. The molecular weight excluding hydrogens is 252 g/mol. The van der Waals surface area contributed by atoms with Crippen molar-refractivity contribution in [1.82, 2.24) is 4.90 Å². The molecule has 0 saturated carbocycles. The number of hydrogen-bond donors (Lipinski definition) is 1. The van der Waals surface area contributed by atoms with Crippen LogP contribution in [0.2, 0.25) is 0 Å². The van der Waals surface area contributed by atoms with Gasteiger partial charge in [0.1, 0.15) is 6.29 Å². The molecule has 1 aliphatic heterocycles. The summed E-state index contributed by atoms with van der Waals surface area (Å²) >= 11 is 0. The van der Waals surface area contributed by atoms with Crippen LogP contribution in [-0.4, -0.2) is 36.2 Å². The van der Waals surface area contributed by atoms with Gasteiger partial charge in [-0.05, 0) is 44.9 Å². The van der Waals surface area contributed by atoms with Gasteiger partial charge >= 0.3 is 0 Å². The summed E-state index contributed by atoms with van der Waals surface area (Å²) in [6.45, 7) is 5.12. The number of hydrogen-bond acceptors (Lipinski definition) is 3. The lowest BCUT2D eigenvalue weighted by molar-refractivity contribution is -0.120. The van der Waals surface area contributed by atoms with Gasteiger partial charge in [-0.15, -0.1) is 0 Å². The molecule has 1 atom stereocenters. The maximum absolute atomic E-state index is 12.1. The van der Waals surface area contributed by atoms with Crippen molar-refractivity contribution >= 4 is 17.9 Å². The van der Waals surface area contributed by atoms with E-state index in [9.17, 15) is 9.59 Å². The molecule has 108 valence electrons. The number of aryl methyl sites for hydroxylation is 2. The van der Waals surface area contributed by atoms with E-state index in [-0.39, 0.29) is 18.5 Å². The lowest BCUT2D eigenvalue weighted by Crippen LogP contribution is -2.44. The molecule has 1 aromatic carbocycles. The van der Waals surface area contributed by atoms with E-state index >= 15 is 0 Å². The Labute approximate surface area is 120 Å². The van der Waals surface area contributed by atoms with Crippen LogP contribution < -0.4 is 5.32 Å². The summed E-state index contributed by atoms with van der Waals surface area (Å²) in [6, 6.07) is 5.85. The highest BCUT2D eigenvalue weighted by Crippen LogP contribution is 2.18. The van der Waals surface area contributed by atoms with Gasteiger partial charge in [0, 0.05) is 5.69 Å². The van der Waals surface area contributed by atoms with Gasteiger partial charge < -0.3 is 10.1 Å². The van der Waals surface area contributed by atoms with Crippen LogP contribution in [0.1, 0.15) is 30.4 Å².